The number of methoxy groups -OCH3 is 1. The zero-order chi connectivity index (χ0) is 17.8. The van der Waals surface area contributed by atoms with E-state index in [0.29, 0.717) is 0 Å². The van der Waals surface area contributed by atoms with Crippen molar-refractivity contribution in [2.24, 2.45) is 11.7 Å². The Balaban J connectivity index is 1.58. The van der Waals surface area contributed by atoms with Gasteiger partial charge in [-0.15, -0.1) is 0 Å². The van der Waals surface area contributed by atoms with E-state index in [1.54, 1.807) is 7.11 Å². The van der Waals surface area contributed by atoms with Crippen molar-refractivity contribution >= 4 is 11.8 Å². The number of hydrogen-bond acceptors (Lipinski definition) is 4. The van der Waals surface area contributed by atoms with Gasteiger partial charge in [0.15, 0.2) is 0 Å². The number of fused-ring (bicyclic) bond motifs is 1. The molecule has 1 aromatic carbocycles. The predicted octanol–water partition coefficient (Wildman–Crippen LogP) is 1.39. The van der Waals surface area contributed by atoms with Gasteiger partial charge < -0.3 is 15.8 Å². The molecule has 6 nitrogen and oxygen atoms in total. The average molecular weight is 345 g/mol. The lowest BCUT2D eigenvalue weighted by Crippen LogP contribution is -2.44. The number of benzene rings is 1. The first-order valence-corrected chi connectivity index (χ1v) is 9.04. The van der Waals surface area contributed by atoms with E-state index in [-0.39, 0.29) is 30.3 Å². The minimum absolute atomic E-state index is 0.0211. The maximum absolute atomic E-state index is 12.7. The molecule has 0 saturated carbocycles. The van der Waals surface area contributed by atoms with Crippen LogP contribution in [0.3, 0.4) is 0 Å². The van der Waals surface area contributed by atoms with Crippen LogP contribution in [0.1, 0.15) is 42.9 Å². The monoisotopic (exact) mass is 345 g/mol. The smallest absolute Gasteiger partial charge is 0.231 e. The number of nitrogens with two attached hydrogens (primary N) is 1. The number of amides is 2. The minimum atomic E-state index is -0.308. The summed E-state index contributed by atoms with van der Waals surface area (Å²) in [6.07, 6.45) is 4.64. The van der Waals surface area contributed by atoms with Crippen LogP contribution in [0.15, 0.2) is 18.2 Å². The standard InChI is InChI=1S/C19H27N3O3/c1-25-15-5-6-16-14(11-15)3-2-4-17(16)21-19(24)13-7-9-22(10-8-13)12-18(20)23/h5-6,11,13,17H,2-4,7-10,12H2,1H3,(H2,20,23)(H,21,24)/t17-/m0/s1. The number of piperidine rings is 1. The molecule has 1 atom stereocenters. The van der Waals surface area contributed by atoms with Gasteiger partial charge in [0.2, 0.25) is 11.8 Å². The van der Waals surface area contributed by atoms with Gasteiger partial charge in [-0.05, 0) is 68.5 Å². The van der Waals surface area contributed by atoms with E-state index in [0.717, 1.165) is 50.9 Å². The molecule has 1 fully saturated rings. The molecule has 0 bridgehead atoms. The van der Waals surface area contributed by atoms with Gasteiger partial charge in [0.1, 0.15) is 5.75 Å². The summed E-state index contributed by atoms with van der Waals surface area (Å²) >= 11 is 0. The highest BCUT2D eigenvalue weighted by atomic mass is 16.5. The number of likely N-dealkylation sites (tertiary alicyclic amines) is 1. The van der Waals surface area contributed by atoms with E-state index in [1.165, 1.54) is 11.1 Å². The molecule has 1 aromatic rings. The molecule has 1 aliphatic carbocycles. The van der Waals surface area contributed by atoms with Crippen LogP contribution in [-0.2, 0) is 16.0 Å². The Morgan fingerprint density at radius 1 is 1.28 bits per heavy atom. The first-order valence-electron chi connectivity index (χ1n) is 9.04. The number of carbonyl (C=O) groups excluding carboxylic acids is 2. The van der Waals surface area contributed by atoms with Crippen molar-refractivity contribution in [3.8, 4) is 5.75 Å². The zero-order valence-corrected chi connectivity index (χ0v) is 14.8. The molecule has 1 saturated heterocycles. The molecule has 3 rings (SSSR count). The first-order chi connectivity index (χ1) is 12.1. The second-order valence-electron chi connectivity index (χ2n) is 7.03. The van der Waals surface area contributed by atoms with Gasteiger partial charge in [0.05, 0.1) is 19.7 Å². The number of rotatable bonds is 5. The summed E-state index contributed by atoms with van der Waals surface area (Å²) < 4.78 is 5.30. The lowest BCUT2D eigenvalue weighted by Gasteiger charge is -2.32. The Labute approximate surface area is 148 Å². The highest BCUT2D eigenvalue weighted by molar-refractivity contribution is 5.79. The molecule has 0 radical (unpaired) electrons. The molecule has 3 N–H and O–H groups in total. The molecule has 1 aliphatic heterocycles. The molecule has 136 valence electrons. The highest BCUT2D eigenvalue weighted by Crippen LogP contribution is 2.32. The topological polar surface area (TPSA) is 84.7 Å². The Morgan fingerprint density at radius 2 is 2.04 bits per heavy atom. The Kier molecular flexibility index (Phi) is 5.58. The third-order valence-electron chi connectivity index (χ3n) is 5.32. The summed E-state index contributed by atoms with van der Waals surface area (Å²) in [6.45, 7) is 1.78. The predicted molar refractivity (Wildman–Crippen MR) is 95.2 cm³/mol. The molecule has 6 heteroatoms. The van der Waals surface area contributed by atoms with Crippen molar-refractivity contribution in [3.63, 3.8) is 0 Å². The highest BCUT2D eigenvalue weighted by Gasteiger charge is 2.29. The summed E-state index contributed by atoms with van der Waals surface area (Å²) in [5.74, 6) is 0.713. The quantitative estimate of drug-likeness (QED) is 0.844. The van der Waals surface area contributed by atoms with Crippen molar-refractivity contribution in [1.29, 1.82) is 0 Å². The summed E-state index contributed by atoms with van der Waals surface area (Å²) in [5.41, 5.74) is 7.72. The minimum Gasteiger partial charge on any atom is -0.497 e. The number of nitrogens with zero attached hydrogens (tertiary/aromatic N) is 1. The Bertz CT molecular complexity index is 639. The number of primary amides is 1. The normalized spacial score (nSPS) is 21.4. The summed E-state index contributed by atoms with van der Waals surface area (Å²) in [4.78, 5) is 25.7. The van der Waals surface area contributed by atoms with Crippen LogP contribution in [0, 0.1) is 5.92 Å². The van der Waals surface area contributed by atoms with Crippen LogP contribution >= 0.6 is 0 Å². The fourth-order valence-corrected chi connectivity index (χ4v) is 3.93. The number of aryl methyl sites for hydroxylation is 1. The summed E-state index contributed by atoms with van der Waals surface area (Å²) in [6, 6.07) is 6.21. The fourth-order valence-electron chi connectivity index (χ4n) is 3.93. The maximum Gasteiger partial charge on any atom is 0.231 e. The number of nitrogens with one attached hydrogen (secondary N) is 1. The summed E-state index contributed by atoms with van der Waals surface area (Å²) in [5, 5.41) is 3.25. The van der Waals surface area contributed by atoms with Gasteiger partial charge in [0, 0.05) is 5.92 Å². The molecule has 25 heavy (non-hydrogen) atoms. The van der Waals surface area contributed by atoms with E-state index >= 15 is 0 Å². The van der Waals surface area contributed by atoms with Gasteiger partial charge in [-0.25, -0.2) is 0 Å². The maximum atomic E-state index is 12.7. The van der Waals surface area contributed by atoms with Crippen molar-refractivity contribution < 1.29 is 14.3 Å². The zero-order valence-electron chi connectivity index (χ0n) is 14.8. The third-order valence-corrected chi connectivity index (χ3v) is 5.32. The van der Waals surface area contributed by atoms with Gasteiger partial charge in [-0.2, -0.15) is 0 Å². The van der Waals surface area contributed by atoms with Crippen LogP contribution in [0.25, 0.3) is 0 Å². The molecule has 2 amide bonds. The lowest BCUT2D eigenvalue weighted by molar-refractivity contribution is -0.127. The number of hydrogen-bond donors (Lipinski definition) is 2. The van der Waals surface area contributed by atoms with Crippen molar-refractivity contribution in [3.05, 3.63) is 29.3 Å². The van der Waals surface area contributed by atoms with Crippen molar-refractivity contribution in [2.45, 2.75) is 38.1 Å². The van der Waals surface area contributed by atoms with Crippen LogP contribution in [0.4, 0.5) is 0 Å². The number of carbonyl (C=O) groups is 2. The molecular weight excluding hydrogens is 318 g/mol. The second kappa shape index (κ2) is 7.87. The van der Waals surface area contributed by atoms with E-state index in [2.05, 4.69) is 17.4 Å². The summed E-state index contributed by atoms with van der Waals surface area (Å²) in [7, 11) is 1.68. The largest absolute Gasteiger partial charge is 0.497 e. The average Bonchev–Trinajstić information content (AvgIpc) is 2.61. The Hall–Kier alpha value is -2.08. The van der Waals surface area contributed by atoms with E-state index in [1.807, 2.05) is 11.0 Å². The second-order valence-corrected chi connectivity index (χ2v) is 7.03. The third kappa shape index (κ3) is 4.31. The fraction of sp³-hybridized carbons (Fsp3) is 0.579. The molecule has 2 aliphatic rings. The van der Waals surface area contributed by atoms with Gasteiger partial charge in [-0.1, -0.05) is 6.07 Å². The lowest BCUT2D eigenvalue weighted by atomic mass is 9.86. The van der Waals surface area contributed by atoms with Gasteiger partial charge in [0.25, 0.3) is 0 Å². The van der Waals surface area contributed by atoms with E-state index in [4.69, 9.17) is 10.5 Å². The molecule has 0 aromatic heterocycles. The van der Waals surface area contributed by atoms with Crippen LogP contribution in [-0.4, -0.2) is 43.5 Å². The number of ether oxygens (including phenoxy) is 1. The van der Waals surface area contributed by atoms with Gasteiger partial charge in [-0.3, -0.25) is 14.5 Å². The van der Waals surface area contributed by atoms with Gasteiger partial charge >= 0.3 is 0 Å². The van der Waals surface area contributed by atoms with Crippen LogP contribution < -0.4 is 15.8 Å². The first kappa shape index (κ1) is 17.7. The van der Waals surface area contributed by atoms with Crippen molar-refractivity contribution in [2.75, 3.05) is 26.7 Å². The van der Waals surface area contributed by atoms with Crippen LogP contribution in [0.5, 0.6) is 5.75 Å². The Morgan fingerprint density at radius 3 is 2.72 bits per heavy atom. The van der Waals surface area contributed by atoms with Crippen LogP contribution in [0.2, 0.25) is 0 Å². The molecule has 1 heterocycles. The van der Waals surface area contributed by atoms with E-state index < -0.39 is 0 Å². The molecule has 0 unspecified atom stereocenters. The van der Waals surface area contributed by atoms with Crippen molar-refractivity contribution in [1.82, 2.24) is 10.2 Å². The molecular formula is C19H27N3O3. The van der Waals surface area contributed by atoms with E-state index in [9.17, 15) is 9.59 Å². The molecule has 0 spiro atoms. The SMILES string of the molecule is COc1ccc2c(c1)CCC[C@@H]2NC(=O)C1CCN(CC(N)=O)CC1.